The standard InChI is InChI=1S/C20H19NO.C18H23NO.C16H14BrNO.C16H13NO.C15H12N2O.C15H17NO2/c1-15-10-11-20(22)18(12-15)14-21-19-9-5-8-17(13-19)16-6-3-2-4-7-16;1-13-5-10-17(20)14(11-13)12-19-16-8-6-15(7-9-16)18(2,3)4;1-3-12-5-4-6-14(9-12)18-10-13-7-11(2)8-15(17)16(13)19;1-3-13-5-7-15(8-6-13)17-11-14-10-12(2)4-9-16(14)18;1-11-3-8-15(18)12(9-11)10-17-14-6-4-13(16-2)5-7-14;1-11-3-8-15(17)12(9-11)10-16-13-4-6-14(18-2)7-5-13/h2-13,21-22H,14H2,1H3;5-11,19-20H,12H2,1-4H3;1,4-9,18-19H,10H2,2H3;1,4-11,18H,2H3;3-10,18H,1H3;3-9,16-17H,10H2,1-2H3. The Bertz CT molecular complexity index is 5410. The number of aliphatic imine (C=N–C) groups is 2. The number of nitrogens with one attached hydrogen (secondary N) is 4. The molecule has 0 aromatic heterocycles. The SMILES string of the molecule is C#Cc1ccc(N=Cc2cc(C)ccc2O)cc1.C#Cc1cccc(NCc2cc(C)cc(Br)c2O)c1.COc1ccc(NCc2cc(C)ccc2O)cc1.Cc1ccc(O)c(CNc2ccc(C(C)(C)C)cc2)c1.Cc1ccc(O)c(CNc2cccc(-c3ccccc3)c2)c1.[C-]#[N+]c1ccc(N=Cc2cc(C)ccc2O)cc1. The number of aromatic hydroxyl groups is 6. The number of aryl methyl sites for hydroxylation is 6. The molecule has 0 fully saturated rings. The molecule has 0 atom stereocenters. The summed E-state index contributed by atoms with van der Waals surface area (Å²) >= 11 is 3.34. The third-order valence-electron chi connectivity index (χ3n) is 17.8. The van der Waals surface area contributed by atoms with E-state index in [1.807, 2.05) is 217 Å². The van der Waals surface area contributed by atoms with Gasteiger partial charge in [0.2, 0.25) is 0 Å². The quantitative estimate of drug-likeness (QED) is 0.0222. The second-order valence-electron chi connectivity index (χ2n) is 28.3. The molecule has 0 aliphatic carbocycles. The summed E-state index contributed by atoms with van der Waals surface area (Å²) < 4.78 is 5.81. The van der Waals surface area contributed by atoms with Crippen LogP contribution in [0.2, 0.25) is 0 Å². The molecule has 0 aliphatic heterocycles. The molecule has 0 heterocycles. The summed E-state index contributed by atoms with van der Waals surface area (Å²) in [4.78, 5) is 11.9. The number of anilines is 4. The molecule has 0 radical (unpaired) electrons. The maximum atomic E-state index is 9.98. The summed E-state index contributed by atoms with van der Waals surface area (Å²) in [5.41, 5.74) is 23.4. The molecule has 14 nitrogen and oxygen atoms in total. The van der Waals surface area contributed by atoms with E-state index in [0.717, 1.165) is 107 Å². The smallest absolute Gasteiger partial charge is 0.187 e. The van der Waals surface area contributed by atoms with Gasteiger partial charge in [0.05, 0.1) is 29.5 Å². The molecule has 0 aliphatic rings. The average molecular weight is 1590 g/mol. The van der Waals surface area contributed by atoms with Gasteiger partial charge in [-0.2, -0.15) is 0 Å². The highest BCUT2D eigenvalue weighted by molar-refractivity contribution is 9.10. The average Bonchev–Trinajstić information content (AvgIpc) is 0.870. The fourth-order valence-electron chi connectivity index (χ4n) is 11.4. The number of methoxy groups -OCH3 is 1. The van der Waals surface area contributed by atoms with Crippen LogP contribution in [0.5, 0.6) is 40.2 Å². The molecule has 0 unspecified atom stereocenters. The van der Waals surface area contributed by atoms with Gasteiger partial charge in [-0.3, -0.25) is 9.98 Å². The zero-order valence-electron chi connectivity index (χ0n) is 66.5. The molecular weight excluding hydrogens is 1490 g/mol. The Morgan fingerprint density at radius 2 is 0.800 bits per heavy atom. The lowest BCUT2D eigenvalue weighted by molar-refractivity contribution is 0.415. The fraction of sp³-hybridized carbons (Fsp3) is 0.150. The summed E-state index contributed by atoms with van der Waals surface area (Å²) in [6.45, 7) is 27.8. The second kappa shape index (κ2) is 43.6. The summed E-state index contributed by atoms with van der Waals surface area (Å²) in [6.07, 6.45) is 13.9. The lowest BCUT2D eigenvalue weighted by atomic mass is 9.87. The molecule has 13 aromatic rings. The number of hydrogen-bond donors (Lipinski definition) is 10. The Labute approximate surface area is 686 Å². The van der Waals surface area contributed by atoms with Crippen molar-refractivity contribution in [1.29, 1.82) is 0 Å². The van der Waals surface area contributed by atoms with Crippen molar-refractivity contribution < 1.29 is 35.4 Å². The molecule has 0 spiro atoms. The predicted octanol–water partition coefficient (Wildman–Crippen LogP) is 24.4. The van der Waals surface area contributed by atoms with Crippen molar-refractivity contribution in [1.82, 2.24) is 0 Å². The molecule has 0 bridgehead atoms. The maximum Gasteiger partial charge on any atom is 0.187 e. The first-order valence-corrected chi connectivity index (χ1v) is 38.0. The first-order valence-electron chi connectivity index (χ1n) is 37.2. The van der Waals surface area contributed by atoms with Crippen LogP contribution < -0.4 is 26.0 Å². The van der Waals surface area contributed by atoms with Gasteiger partial charge in [0.1, 0.15) is 40.2 Å². The van der Waals surface area contributed by atoms with Crippen molar-refractivity contribution >= 4 is 68.2 Å². The molecule has 115 heavy (non-hydrogen) atoms. The molecule has 0 amide bonds. The molecule has 10 N–H and O–H groups in total. The summed E-state index contributed by atoms with van der Waals surface area (Å²) in [5, 5.41) is 72.0. The van der Waals surface area contributed by atoms with Crippen LogP contribution in [0.25, 0.3) is 16.0 Å². The highest BCUT2D eigenvalue weighted by Crippen LogP contribution is 2.32. The number of phenolic OH excluding ortho intramolecular Hbond substituents is 6. The predicted molar refractivity (Wildman–Crippen MR) is 480 cm³/mol. The van der Waals surface area contributed by atoms with Gasteiger partial charge in [-0.25, -0.2) is 4.85 Å². The van der Waals surface area contributed by atoms with Crippen LogP contribution in [0, 0.1) is 72.8 Å². The number of hydrogen-bond acceptors (Lipinski definition) is 13. The van der Waals surface area contributed by atoms with Crippen molar-refractivity contribution in [3.63, 3.8) is 0 Å². The van der Waals surface area contributed by atoms with Gasteiger partial charge >= 0.3 is 0 Å². The van der Waals surface area contributed by atoms with E-state index in [2.05, 4.69) is 133 Å². The Kier molecular flexibility index (Phi) is 32.9. The molecule has 582 valence electrons. The minimum absolute atomic E-state index is 0.174. The van der Waals surface area contributed by atoms with Gasteiger partial charge in [-0.1, -0.05) is 188 Å². The topological polar surface area (TPSA) is 208 Å². The number of ether oxygens (including phenoxy) is 1. The molecule has 15 heteroatoms. The number of nitrogens with zero attached hydrogens (tertiary/aromatic N) is 3. The first kappa shape index (κ1) is 86.7. The fourth-order valence-corrected chi connectivity index (χ4v) is 12.0. The van der Waals surface area contributed by atoms with E-state index in [9.17, 15) is 30.6 Å². The number of halogens is 1. The lowest BCUT2D eigenvalue weighted by Gasteiger charge is -2.19. The van der Waals surface area contributed by atoms with E-state index >= 15 is 0 Å². The highest BCUT2D eigenvalue weighted by atomic mass is 79.9. The Morgan fingerprint density at radius 1 is 0.400 bits per heavy atom. The maximum absolute atomic E-state index is 9.98. The summed E-state index contributed by atoms with van der Waals surface area (Å²) in [5.74, 6) is 7.68. The third kappa shape index (κ3) is 28.7. The van der Waals surface area contributed by atoms with Gasteiger partial charge in [-0.15, -0.1) is 12.8 Å². The Hall–Kier alpha value is -13.9. The molecule has 13 aromatic carbocycles. The van der Waals surface area contributed by atoms with Crippen molar-refractivity contribution in [2.45, 2.75) is 93.9 Å². The van der Waals surface area contributed by atoms with E-state index in [0.29, 0.717) is 64.7 Å². The zero-order valence-corrected chi connectivity index (χ0v) is 68.1. The van der Waals surface area contributed by atoms with Gasteiger partial charge in [0.25, 0.3) is 0 Å². The van der Waals surface area contributed by atoms with E-state index in [1.165, 1.54) is 16.7 Å². The highest BCUT2D eigenvalue weighted by Gasteiger charge is 2.14. The molecule has 0 saturated carbocycles. The Morgan fingerprint density at radius 3 is 1.25 bits per heavy atom. The van der Waals surface area contributed by atoms with Crippen LogP contribution in [-0.2, 0) is 31.6 Å². The van der Waals surface area contributed by atoms with Gasteiger partial charge in [0, 0.05) is 106 Å². The molecular formula is C100H98BrN7O7. The van der Waals surface area contributed by atoms with Crippen LogP contribution in [0.3, 0.4) is 0 Å². The van der Waals surface area contributed by atoms with Crippen LogP contribution >= 0.6 is 15.9 Å². The minimum Gasteiger partial charge on any atom is -0.508 e. The van der Waals surface area contributed by atoms with Crippen LogP contribution in [0.1, 0.15) is 104 Å². The molecule has 0 saturated heterocycles. The van der Waals surface area contributed by atoms with E-state index < -0.39 is 0 Å². The number of benzene rings is 13. The van der Waals surface area contributed by atoms with Crippen molar-refractivity contribution in [3.05, 3.63) is 378 Å². The largest absolute Gasteiger partial charge is 0.508 e. The van der Waals surface area contributed by atoms with Crippen molar-refractivity contribution in [2.75, 3.05) is 28.4 Å². The number of terminal acetylenes is 2. The van der Waals surface area contributed by atoms with Crippen LogP contribution in [0.15, 0.2) is 294 Å². The number of phenols is 6. The zero-order chi connectivity index (χ0) is 82.8. The monoisotopic (exact) mass is 1590 g/mol. The van der Waals surface area contributed by atoms with Crippen LogP contribution in [-0.4, -0.2) is 50.2 Å². The van der Waals surface area contributed by atoms with Crippen LogP contribution in [0.4, 0.5) is 39.8 Å². The summed E-state index contributed by atoms with van der Waals surface area (Å²) in [6, 6.07) is 88.3. The van der Waals surface area contributed by atoms with E-state index in [1.54, 1.807) is 74.1 Å². The van der Waals surface area contributed by atoms with E-state index in [-0.39, 0.29) is 22.7 Å². The molecule has 13 rings (SSSR count). The second-order valence-corrected chi connectivity index (χ2v) is 29.1. The minimum atomic E-state index is 0.174. The first-order chi connectivity index (χ1) is 55.2. The Balaban J connectivity index is 0.000000173. The van der Waals surface area contributed by atoms with Crippen molar-refractivity contribution in [2.24, 2.45) is 9.98 Å². The van der Waals surface area contributed by atoms with Crippen molar-refractivity contribution in [3.8, 4) is 76.1 Å². The lowest BCUT2D eigenvalue weighted by Crippen LogP contribution is -2.10. The van der Waals surface area contributed by atoms with Gasteiger partial charge < -0.3 is 56.6 Å². The van der Waals surface area contributed by atoms with Gasteiger partial charge in [-0.05, 0) is 237 Å². The number of rotatable bonds is 18. The third-order valence-corrected chi connectivity index (χ3v) is 18.5. The van der Waals surface area contributed by atoms with Gasteiger partial charge in [0.15, 0.2) is 5.69 Å². The van der Waals surface area contributed by atoms with E-state index in [4.69, 9.17) is 24.2 Å². The summed E-state index contributed by atoms with van der Waals surface area (Å²) in [7, 11) is 1.65. The normalized spacial score (nSPS) is 10.5.